The van der Waals surface area contributed by atoms with Crippen molar-refractivity contribution in [2.24, 2.45) is 0 Å². The van der Waals surface area contributed by atoms with Gasteiger partial charge in [-0.25, -0.2) is 0 Å². The van der Waals surface area contributed by atoms with Gasteiger partial charge < -0.3 is 9.80 Å². The summed E-state index contributed by atoms with van der Waals surface area (Å²) in [5.74, 6) is 0.142. The van der Waals surface area contributed by atoms with Crippen molar-refractivity contribution >= 4 is 11.7 Å². The molecule has 2 heterocycles. The van der Waals surface area contributed by atoms with Crippen LogP contribution in [-0.4, -0.2) is 53.7 Å². The fourth-order valence-electron chi connectivity index (χ4n) is 3.57. The lowest BCUT2D eigenvalue weighted by Crippen LogP contribution is -2.42. The number of carbonyl (C=O) groups excluding carboxylic acids is 2. The van der Waals surface area contributed by atoms with Crippen LogP contribution in [0.1, 0.15) is 53.3 Å². The second-order valence-electron chi connectivity index (χ2n) is 6.44. The number of likely N-dealkylation sites (tertiary alicyclic amines) is 2. The third kappa shape index (κ3) is 3.22. The number of ketones is 1. The predicted molar refractivity (Wildman–Crippen MR) is 86.2 cm³/mol. The quantitative estimate of drug-likeness (QED) is 0.803. The van der Waals surface area contributed by atoms with Crippen LogP contribution >= 0.6 is 0 Å². The summed E-state index contributed by atoms with van der Waals surface area (Å²) in [5.41, 5.74) is 1.35. The topological polar surface area (TPSA) is 40.6 Å². The van der Waals surface area contributed by atoms with Gasteiger partial charge in [0.25, 0.3) is 5.91 Å². The molecule has 0 N–H and O–H groups in total. The van der Waals surface area contributed by atoms with Crippen LogP contribution in [0.3, 0.4) is 0 Å². The average molecular weight is 300 g/mol. The minimum absolute atomic E-state index is 0.0343. The fourth-order valence-corrected chi connectivity index (χ4v) is 3.57. The van der Waals surface area contributed by atoms with Crippen molar-refractivity contribution in [2.75, 3.05) is 26.2 Å². The second kappa shape index (κ2) is 6.61. The first-order valence-corrected chi connectivity index (χ1v) is 8.29. The lowest BCUT2D eigenvalue weighted by molar-refractivity contribution is 0.0708. The zero-order valence-electron chi connectivity index (χ0n) is 13.3. The number of hydrogen-bond donors (Lipinski definition) is 0. The van der Waals surface area contributed by atoms with E-state index < -0.39 is 0 Å². The van der Waals surface area contributed by atoms with Crippen LogP contribution in [0.25, 0.3) is 0 Å². The highest BCUT2D eigenvalue weighted by Gasteiger charge is 2.31. The van der Waals surface area contributed by atoms with Gasteiger partial charge in [0.1, 0.15) is 0 Å². The van der Waals surface area contributed by atoms with E-state index in [1.165, 1.54) is 25.9 Å². The molecule has 4 heteroatoms. The zero-order valence-corrected chi connectivity index (χ0v) is 13.3. The van der Waals surface area contributed by atoms with E-state index in [1.807, 2.05) is 4.90 Å². The highest BCUT2D eigenvalue weighted by molar-refractivity contribution is 5.97. The third-order valence-electron chi connectivity index (χ3n) is 4.84. The van der Waals surface area contributed by atoms with Crippen LogP contribution in [0.5, 0.6) is 0 Å². The first kappa shape index (κ1) is 15.2. The van der Waals surface area contributed by atoms with Gasteiger partial charge in [-0.05, 0) is 57.8 Å². The Labute approximate surface area is 132 Å². The Morgan fingerprint density at radius 1 is 1.00 bits per heavy atom. The highest BCUT2D eigenvalue weighted by Crippen LogP contribution is 2.22. The number of nitrogens with zero attached hydrogens (tertiary/aromatic N) is 2. The number of rotatable bonds is 4. The molecule has 0 bridgehead atoms. The van der Waals surface area contributed by atoms with Crippen LogP contribution in [0.4, 0.5) is 0 Å². The molecule has 1 amide bonds. The summed E-state index contributed by atoms with van der Waals surface area (Å²) in [6.45, 7) is 5.75. The minimum Gasteiger partial charge on any atom is -0.334 e. The maximum absolute atomic E-state index is 12.7. The summed E-state index contributed by atoms with van der Waals surface area (Å²) < 4.78 is 0. The molecule has 0 unspecified atom stereocenters. The Morgan fingerprint density at radius 2 is 1.64 bits per heavy atom. The van der Waals surface area contributed by atoms with Gasteiger partial charge in [0.05, 0.1) is 0 Å². The molecule has 0 spiro atoms. The van der Waals surface area contributed by atoms with Crippen LogP contribution in [0.15, 0.2) is 24.3 Å². The molecule has 1 atom stereocenters. The first-order chi connectivity index (χ1) is 10.6. The molecule has 2 saturated heterocycles. The molecule has 1 aromatic rings. The van der Waals surface area contributed by atoms with Crippen LogP contribution in [0.2, 0.25) is 0 Å². The van der Waals surface area contributed by atoms with E-state index in [0.29, 0.717) is 17.2 Å². The molecule has 0 saturated carbocycles. The van der Waals surface area contributed by atoms with Crippen LogP contribution in [0, 0.1) is 0 Å². The molecule has 2 aliphatic heterocycles. The van der Waals surface area contributed by atoms with E-state index in [-0.39, 0.29) is 11.7 Å². The van der Waals surface area contributed by atoms with Gasteiger partial charge >= 0.3 is 0 Å². The van der Waals surface area contributed by atoms with Crippen molar-refractivity contribution in [3.8, 4) is 0 Å². The number of Topliss-reactive ketones (excluding diaryl/α,β-unsaturated/α-hetero) is 1. The standard InChI is InChI=1S/C18H24N2O2/c1-14(21)15-6-8-16(9-7-15)18(22)20-12-4-5-17(20)13-19-10-2-3-11-19/h6-9,17H,2-5,10-13H2,1H3/t17-/m0/s1. The van der Waals surface area contributed by atoms with Gasteiger partial charge in [-0.15, -0.1) is 0 Å². The van der Waals surface area contributed by atoms with Crippen LogP contribution < -0.4 is 0 Å². The van der Waals surface area contributed by atoms with E-state index in [9.17, 15) is 9.59 Å². The van der Waals surface area contributed by atoms with Gasteiger partial charge in [-0.3, -0.25) is 9.59 Å². The fraction of sp³-hybridized carbons (Fsp3) is 0.556. The molecule has 0 aromatic heterocycles. The lowest BCUT2D eigenvalue weighted by atomic mass is 10.1. The largest absolute Gasteiger partial charge is 0.334 e. The third-order valence-corrected chi connectivity index (χ3v) is 4.84. The van der Waals surface area contributed by atoms with E-state index in [4.69, 9.17) is 0 Å². The van der Waals surface area contributed by atoms with Crippen molar-refractivity contribution in [1.82, 2.24) is 9.80 Å². The van der Waals surface area contributed by atoms with Gasteiger partial charge in [-0.2, -0.15) is 0 Å². The Kier molecular flexibility index (Phi) is 4.57. The smallest absolute Gasteiger partial charge is 0.254 e. The Balaban J connectivity index is 1.68. The maximum atomic E-state index is 12.7. The summed E-state index contributed by atoms with van der Waals surface area (Å²) in [7, 11) is 0. The van der Waals surface area contributed by atoms with Crippen molar-refractivity contribution in [1.29, 1.82) is 0 Å². The summed E-state index contributed by atoms with van der Waals surface area (Å²) in [6.07, 6.45) is 4.77. The minimum atomic E-state index is 0.0343. The molecular weight excluding hydrogens is 276 g/mol. The number of carbonyl (C=O) groups is 2. The highest BCUT2D eigenvalue weighted by atomic mass is 16.2. The molecule has 118 valence electrons. The van der Waals surface area contributed by atoms with E-state index in [2.05, 4.69) is 4.90 Å². The molecule has 4 nitrogen and oxygen atoms in total. The Hall–Kier alpha value is -1.68. The SMILES string of the molecule is CC(=O)c1ccc(C(=O)N2CCC[C@H]2CN2CCCC2)cc1. The van der Waals surface area contributed by atoms with Gasteiger partial charge in [-0.1, -0.05) is 12.1 Å². The van der Waals surface area contributed by atoms with Gasteiger partial charge in [0, 0.05) is 30.3 Å². The van der Waals surface area contributed by atoms with Gasteiger partial charge in [0.15, 0.2) is 5.78 Å². The summed E-state index contributed by atoms with van der Waals surface area (Å²) in [4.78, 5) is 28.6. The number of amides is 1. The molecule has 3 rings (SSSR count). The summed E-state index contributed by atoms with van der Waals surface area (Å²) in [5, 5.41) is 0. The van der Waals surface area contributed by atoms with E-state index >= 15 is 0 Å². The summed E-state index contributed by atoms with van der Waals surface area (Å²) >= 11 is 0. The number of hydrogen-bond acceptors (Lipinski definition) is 3. The first-order valence-electron chi connectivity index (χ1n) is 8.29. The lowest BCUT2D eigenvalue weighted by Gasteiger charge is -2.28. The Morgan fingerprint density at radius 3 is 2.27 bits per heavy atom. The Bertz CT molecular complexity index is 547. The summed E-state index contributed by atoms with van der Waals surface area (Å²) in [6, 6.07) is 7.41. The van der Waals surface area contributed by atoms with E-state index in [0.717, 1.165) is 25.9 Å². The average Bonchev–Trinajstić information content (AvgIpc) is 3.19. The molecule has 1 aromatic carbocycles. The van der Waals surface area contributed by atoms with Crippen molar-refractivity contribution in [3.63, 3.8) is 0 Å². The van der Waals surface area contributed by atoms with Crippen LogP contribution in [-0.2, 0) is 0 Å². The van der Waals surface area contributed by atoms with Crippen molar-refractivity contribution < 1.29 is 9.59 Å². The normalized spacial score (nSPS) is 22.2. The van der Waals surface area contributed by atoms with Crippen molar-refractivity contribution in [3.05, 3.63) is 35.4 Å². The van der Waals surface area contributed by atoms with Gasteiger partial charge in [0.2, 0.25) is 0 Å². The molecule has 2 aliphatic rings. The van der Waals surface area contributed by atoms with Crippen molar-refractivity contribution in [2.45, 2.75) is 38.6 Å². The molecule has 0 aliphatic carbocycles. The monoisotopic (exact) mass is 300 g/mol. The predicted octanol–water partition coefficient (Wildman–Crippen LogP) is 2.59. The second-order valence-corrected chi connectivity index (χ2v) is 6.44. The molecule has 2 fully saturated rings. The maximum Gasteiger partial charge on any atom is 0.254 e. The molecule has 0 radical (unpaired) electrons. The van der Waals surface area contributed by atoms with E-state index in [1.54, 1.807) is 31.2 Å². The number of benzene rings is 1. The zero-order chi connectivity index (χ0) is 15.5. The molecule has 22 heavy (non-hydrogen) atoms. The molecular formula is C18H24N2O2.